The lowest BCUT2D eigenvalue weighted by Gasteiger charge is -2.35. The fourth-order valence-electron chi connectivity index (χ4n) is 4.97. The van der Waals surface area contributed by atoms with Gasteiger partial charge in [0.2, 0.25) is 0 Å². The van der Waals surface area contributed by atoms with Gasteiger partial charge in [-0.15, -0.1) is 0 Å². The van der Waals surface area contributed by atoms with Crippen molar-refractivity contribution in [3.8, 4) is 0 Å². The highest BCUT2D eigenvalue weighted by Crippen LogP contribution is 2.33. The van der Waals surface area contributed by atoms with Gasteiger partial charge in [-0.25, -0.2) is 35.1 Å². The van der Waals surface area contributed by atoms with Gasteiger partial charge in [0.05, 0.1) is 4.90 Å². The Morgan fingerprint density at radius 3 is 2.21 bits per heavy atom. The van der Waals surface area contributed by atoms with Crippen molar-refractivity contribution in [2.24, 2.45) is 0 Å². The van der Waals surface area contributed by atoms with Gasteiger partial charge in [-0.1, -0.05) is 18.6 Å². The van der Waals surface area contributed by atoms with Crippen molar-refractivity contribution in [1.82, 2.24) is 9.62 Å². The molecular formula is C27H32F5N3O3S. The Bertz CT molecular complexity index is 1240. The minimum Gasteiger partial charge on any atom is -0.378 e. The van der Waals surface area contributed by atoms with Gasteiger partial charge in [0, 0.05) is 25.7 Å². The van der Waals surface area contributed by atoms with E-state index in [1.165, 1.54) is 12.1 Å². The first-order valence-corrected chi connectivity index (χ1v) is 14.6. The minimum absolute atomic E-state index is 0.122. The molecule has 2 aromatic rings. The van der Waals surface area contributed by atoms with Crippen LogP contribution in [0.15, 0.2) is 41.3 Å². The molecule has 1 aliphatic heterocycles. The second-order valence-corrected chi connectivity index (χ2v) is 12.1. The number of carbonyl (C=O) groups excluding carboxylic acids is 1. The second-order valence-electron chi connectivity index (χ2n) is 10.4. The Hall–Kier alpha value is -2.73. The number of carbonyl (C=O) groups is 1. The van der Waals surface area contributed by atoms with Crippen LogP contribution in [0.2, 0.25) is 0 Å². The molecule has 6 nitrogen and oxygen atoms in total. The molecule has 2 aliphatic rings. The number of sulfonamides is 1. The van der Waals surface area contributed by atoms with Crippen molar-refractivity contribution in [3.05, 3.63) is 59.4 Å². The van der Waals surface area contributed by atoms with Gasteiger partial charge in [0.1, 0.15) is 17.7 Å². The standard InChI is InChI=1S/C27H32F5N3O3S/c28-19-7-4-18(5-8-19)6-9-21(10-13-35-16-20(29)17-35)33-25-23(30)14-22(15-24(25)31)39(37,38)34-26(36)27(32)11-2-1-3-12-27/h4-5,7-8,14-15,20-21,33H,1-3,6,9-13,16-17H2,(H,34,36)/t21-/m0/s1. The maximum Gasteiger partial charge on any atom is 0.271 e. The number of likely N-dealkylation sites (tertiary alicyclic amines) is 1. The predicted molar refractivity (Wildman–Crippen MR) is 137 cm³/mol. The molecule has 1 heterocycles. The molecule has 1 saturated carbocycles. The van der Waals surface area contributed by atoms with Gasteiger partial charge < -0.3 is 5.32 Å². The summed E-state index contributed by atoms with van der Waals surface area (Å²) in [5.41, 5.74) is -2.08. The van der Waals surface area contributed by atoms with Gasteiger partial charge >= 0.3 is 0 Å². The number of anilines is 1. The van der Waals surface area contributed by atoms with Crippen LogP contribution in [0, 0.1) is 17.5 Å². The lowest BCUT2D eigenvalue weighted by Crippen LogP contribution is -2.49. The lowest BCUT2D eigenvalue weighted by atomic mass is 9.86. The summed E-state index contributed by atoms with van der Waals surface area (Å²) in [5.74, 6) is -4.12. The molecule has 2 aromatic carbocycles. The summed E-state index contributed by atoms with van der Waals surface area (Å²) in [6, 6.07) is 6.53. The van der Waals surface area contributed by atoms with Crippen LogP contribution in [0.3, 0.4) is 0 Å². The number of aryl methyl sites for hydroxylation is 1. The van der Waals surface area contributed by atoms with Crippen molar-refractivity contribution in [3.63, 3.8) is 0 Å². The average molecular weight is 574 g/mol. The summed E-state index contributed by atoms with van der Waals surface area (Å²) in [5, 5.41) is 2.80. The molecule has 0 bridgehead atoms. The Labute approximate surface area is 225 Å². The summed E-state index contributed by atoms with van der Waals surface area (Å²) < 4.78 is 98.4. The number of hydrogen-bond acceptors (Lipinski definition) is 5. The number of halogens is 5. The Morgan fingerprint density at radius 1 is 1.00 bits per heavy atom. The van der Waals surface area contributed by atoms with Crippen LogP contribution in [-0.4, -0.2) is 56.7 Å². The number of rotatable bonds is 11. The first kappa shape index (κ1) is 29.3. The second kappa shape index (κ2) is 12.2. The van der Waals surface area contributed by atoms with E-state index in [0.29, 0.717) is 50.8 Å². The summed E-state index contributed by atoms with van der Waals surface area (Å²) in [6.07, 6.45) is 1.75. The van der Waals surface area contributed by atoms with E-state index in [1.54, 1.807) is 16.9 Å². The predicted octanol–water partition coefficient (Wildman–Crippen LogP) is 5.04. The van der Waals surface area contributed by atoms with Crippen molar-refractivity contribution < 1.29 is 35.2 Å². The van der Waals surface area contributed by atoms with Crippen LogP contribution in [0.1, 0.15) is 50.5 Å². The molecule has 1 saturated heterocycles. The van der Waals surface area contributed by atoms with Crippen LogP contribution >= 0.6 is 0 Å². The number of amides is 1. The van der Waals surface area contributed by atoms with Gasteiger partial charge in [-0.3, -0.25) is 9.69 Å². The van der Waals surface area contributed by atoms with Gasteiger partial charge in [0.15, 0.2) is 17.3 Å². The minimum atomic E-state index is -4.73. The number of alkyl halides is 2. The highest BCUT2D eigenvalue weighted by molar-refractivity contribution is 7.90. The number of nitrogens with one attached hydrogen (secondary N) is 2. The van der Waals surface area contributed by atoms with E-state index in [4.69, 9.17) is 0 Å². The zero-order valence-electron chi connectivity index (χ0n) is 21.4. The summed E-state index contributed by atoms with van der Waals surface area (Å²) in [7, 11) is -4.73. The molecular weight excluding hydrogens is 541 g/mol. The highest BCUT2D eigenvalue weighted by Gasteiger charge is 2.41. The molecule has 0 radical (unpaired) electrons. The molecule has 0 spiro atoms. The van der Waals surface area contributed by atoms with Crippen LogP contribution in [0.4, 0.5) is 27.6 Å². The quantitative estimate of drug-likeness (QED) is 0.369. The fraction of sp³-hybridized carbons (Fsp3) is 0.519. The maximum atomic E-state index is 15.0. The molecule has 2 fully saturated rings. The normalized spacial score (nSPS) is 18.8. The third kappa shape index (κ3) is 7.47. The molecule has 12 heteroatoms. The van der Waals surface area contributed by atoms with Crippen LogP contribution in [0.25, 0.3) is 0 Å². The fourth-order valence-corrected chi connectivity index (χ4v) is 6.03. The zero-order valence-corrected chi connectivity index (χ0v) is 22.2. The number of hydrogen-bond donors (Lipinski definition) is 2. The Balaban J connectivity index is 1.47. The monoisotopic (exact) mass is 573 g/mol. The largest absolute Gasteiger partial charge is 0.378 e. The molecule has 1 atom stereocenters. The Kier molecular flexibility index (Phi) is 9.15. The SMILES string of the molecule is O=C(NS(=O)(=O)c1cc(F)c(N[C@@H](CCc2ccc(F)cc2)CCN2CC(F)C2)c(F)c1)C1(F)CCCCC1. The van der Waals surface area contributed by atoms with E-state index in [1.807, 2.05) is 4.90 Å². The van der Waals surface area contributed by atoms with E-state index in [2.05, 4.69) is 5.32 Å². The van der Waals surface area contributed by atoms with E-state index >= 15 is 8.78 Å². The lowest BCUT2D eigenvalue weighted by molar-refractivity contribution is -0.133. The first-order chi connectivity index (χ1) is 18.4. The smallest absolute Gasteiger partial charge is 0.271 e. The van der Waals surface area contributed by atoms with Crippen LogP contribution in [0.5, 0.6) is 0 Å². The first-order valence-electron chi connectivity index (χ1n) is 13.1. The number of nitrogens with zero attached hydrogens (tertiary/aromatic N) is 1. The van der Waals surface area contributed by atoms with Gasteiger partial charge in [0.25, 0.3) is 15.9 Å². The van der Waals surface area contributed by atoms with Crippen LogP contribution < -0.4 is 10.0 Å². The molecule has 1 amide bonds. The summed E-state index contributed by atoms with van der Waals surface area (Å²) in [6.45, 7) is 1.05. The van der Waals surface area contributed by atoms with Crippen molar-refractivity contribution >= 4 is 21.6 Å². The van der Waals surface area contributed by atoms with Crippen LogP contribution in [-0.2, 0) is 21.2 Å². The number of benzene rings is 2. The molecule has 39 heavy (non-hydrogen) atoms. The third-order valence-electron chi connectivity index (χ3n) is 7.36. The third-order valence-corrected chi connectivity index (χ3v) is 8.67. The van der Waals surface area contributed by atoms with Crippen molar-refractivity contribution in [2.45, 2.75) is 74.1 Å². The van der Waals surface area contributed by atoms with E-state index in [-0.39, 0.29) is 31.7 Å². The van der Waals surface area contributed by atoms with E-state index < -0.39 is 56.0 Å². The van der Waals surface area contributed by atoms with Crippen molar-refractivity contribution in [1.29, 1.82) is 0 Å². The van der Waals surface area contributed by atoms with Crippen molar-refractivity contribution in [2.75, 3.05) is 25.0 Å². The zero-order chi connectivity index (χ0) is 28.2. The molecule has 2 N–H and O–H groups in total. The molecule has 214 valence electrons. The maximum absolute atomic E-state index is 15.0. The molecule has 0 unspecified atom stereocenters. The van der Waals surface area contributed by atoms with Gasteiger partial charge in [-0.05, 0) is 74.8 Å². The molecule has 0 aromatic heterocycles. The summed E-state index contributed by atoms with van der Waals surface area (Å²) in [4.78, 5) is 13.4. The van der Waals surface area contributed by atoms with E-state index in [0.717, 1.165) is 12.0 Å². The average Bonchev–Trinajstić information content (AvgIpc) is 2.87. The van der Waals surface area contributed by atoms with E-state index in [9.17, 15) is 26.4 Å². The molecule has 4 rings (SSSR count). The highest BCUT2D eigenvalue weighted by atomic mass is 32.2. The van der Waals surface area contributed by atoms with Gasteiger partial charge in [-0.2, -0.15) is 0 Å². The topological polar surface area (TPSA) is 78.5 Å². The summed E-state index contributed by atoms with van der Waals surface area (Å²) >= 11 is 0. The molecule has 1 aliphatic carbocycles. The Morgan fingerprint density at radius 2 is 1.62 bits per heavy atom.